The van der Waals surface area contributed by atoms with Crippen LogP contribution in [0.1, 0.15) is 18.1 Å². The van der Waals surface area contributed by atoms with Gasteiger partial charge in [0, 0.05) is 36.8 Å². The first kappa shape index (κ1) is 19.0. The first-order valence-electron chi connectivity index (χ1n) is 9.10. The van der Waals surface area contributed by atoms with E-state index in [-0.39, 0.29) is 5.91 Å². The molecule has 0 bridgehead atoms. The number of rotatable bonds is 6. The van der Waals surface area contributed by atoms with Gasteiger partial charge in [-0.2, -0.15) is 11.8 Å². The third-order valence-corrected chi connectivity index (χ3v) is 5.82. The smallest absolute Gasteiger partial charge is 0.248 e. The number of nitrogens with one attached hydrogen (secondary N) is 1. The molecular formula is C21H27N3OS. The average molecular weight is 370 g/mol. The molecule has 0 aromatic heterocycles. The number of hydrogen-bond acceptors (Lipinski definition) is 4. The zero-order valence-electron chi connectivity index (χ0n) is 15.3. The van der Waals surface area contributed by atoms with Crippen molar-refractivity contribution in [3.63, 3.8) is 0 Å². The van der Waals surface area contributed by atoms with Crippen LogP contribution in [0.2, 0.25) is 0 Å². The lowest BCUT2D eigenvalue weighted by molar-refractivity contribution is -0.120. The van der Waals surface area contributed by atoms with Crippen molar-refractivity contribution in [1.82, 2.24) is 4.90 Å². The van der Waals surface area contributed by atoms with Crippen LogP contribution in [0.5, 0.6) is 0 Å². The van der Waals surface area contributed by atoms with Crippen molar-refractivity contribution in [3.8, 4) is 0 Å². The van der Waals surface area contributed by atoms with Crippen LogP contribution in [0.3, 0.4) is 0 Å². The predicted molar refractivity (Wildman–Crippen MR) is 111 cm³/mol. The van der Waals surface area contributed by atoms with Crippen LogP contribution in [0.25, 0.3) is 0 Å². The number of nitrogens with zero attached hydrogens (tertiary/aromatic N) is 1. The first-order valence-corrected chi connectivity index (χ1v) is 10.3. The van der Waals surface area contributed by atoms with Crippen molar-refractivity contribution in [2.24, 2.45) is 5.73 Å². The lowest BCUT2D eigenvalue weighted by atomic mass is 9.92. The zero-order valence-corrected chi connectivity index (χ0v) is 16.1. The van der Waals surface area contributed by atoms with E-state index in [1.54, 1.807) is 6.92 Å². The van der Waals surface area contributed by atoms with E-state index in [4.69, 9.17) is 5.73 Å². The van der Waals surface area contributed by atoms with E-state index in [2.05, 4.69) is 22.3 Å². The summed E-state index contributed by atoms with van der Waals surface area (Å²) in [6.07, 6.45) is 1.04. The van der Waals surface area contributed by atoms with Crippen molar-refractivity contribution in [3.05, 3.63) is 65.7 Å². The fourth-order valence-electron chi connectivity index (χ4n) is 3.04. The molecule has 1 atom stereocenters. The quantitative estimate of drug-likeness (QED) is 0.821. The molecule has 1 fully saturated rings. The molecule has 1 amide bonds. The van der Waals surface area contributed by atoms with Gasteiger partial charge in [-0.1, -0.05) is 42.5 Å². The molecule has 0 aliphatic carbocycles. The Labute approximate surface area is 160 Å². The molecule has 26 heavy (non-hydrogen) atoms. The summed E-state index contributed by atoms with van der Waals surface area (Å²) in [5.74, 6) is 2.27. The molecule has 1 aliphatic rings. The molecule has 4 nitrogen and oxygen atoms in total. The van der Waals surface area contributed by atoms with Gasteiger partial charge in [0.25, 0.3) is 0 Å². The first-order chi connectivity index (χ1) is 12.6. The topological polar surface area (TPSA) is 58.4 Å². The molecule has 138 valence electrons. The van der Waals surface area contributed by atoms with E-state index < -0.39 is 5.54 Å². The van der Waals surface area contributed by atoms with Crippen LogP contribution in [0.4, 0.5) is 5.69 Å². The summed E-state index contributed by atoms with van der Waals surface area (Å²) in [5, 5.41) is 2.94. The maximum Gasteiger partial charge on any atom is 0.248 e. The third kappa shape index (κ3) is 4.87. The summed E-state index contributed by atoms with van der Waals surface area (Å²) >= 11 is 2.04. The molecule has 0 saturated carbocycles. The van der Waals surface area contributed by atoms with Gasteiger partial charge in [0.05, 0.1) is 0 Å². The maximum atomic E-state index is 12.6. The molecule has 3 N–H and O–H groups in total. The highest BCUT2D eigenvalue weighted by molar-refractivity contribution is 7.99. The Balaban J connectivity index is 1.55. The second-order valence-electron chi connectivity index (χ2n) is 6.92. The summed E-state index contributed by atoms with van der Waals surface area (Å²) < 4.78 is 0. The van der Waals surface area contributed by atoms with Gasteiger partial charge >= 0.3 is 0 Å². The Morgan fingerprint density at radius 3 is 2.42 bits per heavy atom. The van der Waals surface area contributed by atoms with E-state index >= 15 is 0 Å². The van der Waals surface area contributed by atoms with Crippen molar-refractivity contribution in [2.75, 3.05) is 36.5 Å². The van der Waals surface area contributed by atoms with Gasteiger partial charge in [0.2, 0.25) is 5.91 Å². The summed E-state index contributed by atoms with van der Waals surface area (Å²) in [7, 11) is 0. The molecule has 3 rings (SSSR count). The molecule has 2 aromatic rings. The van der Waals surface area contributed by atoms with Gasteiger partial charge in [-0.15, -0.1) is 0 Å². The predicted octanol–water partition coefficient (Wildman–Crippen LogP) is 3.09. The molecule has 0 radical (unpaired) electrons. The van der Waals surface area contributed by atoms with Crippen LogP contribution in [-0.2, 0) is 16.8 Å². The van der Waals surface area contributed by atoms with Gasteiger partial charge in [-0.05, 0) is 36.6 Å². The molecule has 1 aliphatic heterocycles. The summed E-state index contributed by atoms with van der Waals surface area (Å²) in [6, 6.07) is 17.5. The van der Waals surface area contributed by atoms with Crippen LogP contribution in [0.15, 0.2) is 54.6 Å². The van der Waals surface area contributed by atoms with E-state index in [0.29, 0.717) is 0 Å². The second-order valence-corrected chi connectivity index (χ2v) is 8.15. The summed E-state index contributed by atoms with van der Waals surface area (Å²) in [6.45, 7) is 5.21. The zero-order chi connectivity index (χ0) is 18.4. The summed E-state index contributed by atoms with van der Waals surface area (Å²) in [4.78, 5) is 15.1. The average Bonchev–Trinajstić information content (AvgIpc) is 2.69. The molecular weight excluding hydrogens is 342 g/mol. The van der Waals surface area contributed by atoms with Gasteiger partial charge in [0.15, 0.2) is 0 Å². The fourth-order valence-corrected chi connectivity index (χ4v) is 4.02. The SMILES string of the molecule is CC(N)(C(=O)Nc1ccc(CCN2CCSCC2)cc1)c1ccccc1. The Hall–Kier alpha value is -1.82. The van der Waals surface area contributed by atoms with Crippen LogP contribution < -0.4 is 11.1 Å². The van der Waals surface area contributed by atoms with E-state index in [0.717, 1.165) is 24.2 Å². The van der Waals surface area contributed by atoms with Gasteiger partial charge in [-0.3, -0.25) is 4.79 Å². The Morgan fingerprint density at radius 1 is 1.12 bits per heavy atom. The largest absolute Gasteiger partial charge is 0.324 e. The highest BCUT2D eigenvalue weighted by atomic mass is 32.2. The maximum absolute atomic E-state index is 12.6. The molecule has 0 spiro atoms. The van der Waals surface area contributed by atoms with Crippen molar-refractivity contribution in [2.45, 2.75) is 18.9 Å². The van der Waals surface area contributed by atoms with Gasteiger partial charge in [-0.25, -0.2) is 0 Å². The Bertz CT molecular complexity index is 710. The molecule has 5 heteroatoms. The van der Waals surface area contributed by atoms with Crippen molar-refractivity contribution >= 4 is 23.4 Å². The number of carbonyl (C=O) groups excluding carboxylic acids is 1. The highest BCUT2D eigenvalue weighted by Gasteiger charge is 2.30. The minimum absolute atomic E-state index is 0.206. The molecule has 1 saturated heterocycles. The monoisotopic (exact) mass is 369 g/mol. The van der Waals surface area contributed by atoms with E-state index in [1.165, 1.54) is 30.2 Å². The molecule has 1 heterocycles. The molecule has 2 aromatic carbocycles. The number of nitrogens with two attached hydrogens (primary N) is 1. The second kappa shape index (κ2) is 8.71. The van der Waals surface area contributed by atoms with E-state index in [9.17, 15) is 4.79 Å². The third-order valence-electron chi connectivity index (χ3n) is 4.88. The minimum Gasteiger partial charge on any atom is -0.324 e. The normalized spacial score (nSPS) is 17.5. The van der Waals surface area contributed by atoms with Crippen molar-refractivity contribution in [1.29, 1.82) is 0 Å². The van der Waals surface area contributed by atoms with Gasteiger partial charge in [0.1, 0.15) is 5.54 Å². The lowest BCUT2D eigenvalue weighted by Crippen LogP contribution is -2.45. The number of hydrogen-bond donors (Lipinski definition) is 2. The van der Waals surface area contributed by atoms with Gasteiger partial charge < -0.3 is 16.0 Å². The number of thioether (sulfide) groups is 1. The number of carbonyl (C=O) groups is 1. The van der Waals surface area contributed by atoms with Crippen molar-refractivity contribution < 1.29 is 4.79 Å². The number of amides is 1. The van der Waals surface area contributed by atoms with E-state index in [1.807, 2.05) is 54.2 Å². The highest BCUT2D eigenvalue weighted by Crippen LogP contribution is 2.20. The Kier molecular flexibility index (Phi) is 6.35. The lowest BCUT2D eigenvalue weighted by Gasteiger charge is -2.26. The Morgan fingerprint density at radius 2 is 1.77 bits per heavy atom. The number of benzene rings is 2. The fraction of sp³-hybridized carbons (Fsp3) is 0.381. The minimum atomic E-state index is -1.06. The molecule has 1 unspecified atom stereocenters. The van der Waals surface area contributed by atoms with Crippen LogP contribution in [-0.4, -0.2) is 41.9 Å². The number of anilines is 1. The summed E-state index contributed by atoms with van der Waals surface area (Å²) in [5.41, 5.74) is 8.08. The van der Waals surface area contributed by atoms with Crippen LogP contribution >= 0.6 is 11.8 Å². The standard InChI is InChI=1S/C21H27N3OS/c1-21(22,18-5-3-2-4-6-18)20(25)23-19-9-7-17(8-10-19)11-12-24-13-15-26-16-14-24/h2-10H,11-16,22H2,1H3,(H,23,25). The van der Waals surface area contributed by atoms with Crippen LogP contribution in [0, 0.1) is 0 Å².